The molecule has 0 aliphatic heterocycles. The zero-order valence-corrected chi connectivity index (χ0v) is 12.2. The van der Waals surface area contributed by atoms with Crippen molar-refractivity contribution in [2.75, 3.05) is 11.1 Å². The van der Waals surface area contributed by atoms with E-state index in [1.807, 2.05) is 26.0 Å². The monoisotopic (exact) mass is 281 g/mol. The van der Waals surface area contributed by atoms with Crippen LogP contribution in [0.4, 0.5) is 11.4 Å². The van der Waals surface area contributed by atoms with Crippen LogP contribution in [0.15, 0.2) is 18.2 Å². The van der Waals surface area contributed by atoms with Crippen LogP contribution in [0.5, 0.6) is 0 Å². The van der Waals surface area contributed by atoms with Gasteiger partial charge in [-0.15, -0.1) is 11.3 Å². The summed E-state index contributed by atoms with van der Waals surface area (Å²) in [4.78, 5) is 5.67. The van der Waals surface area contributed by atoms with Gasteiger partial charge in [0.05, 0.1) is 28.1 Å². The average Bonchev–Trinajstić information content (AvgIpc) is 2.62. The summed E-state index contributed by atoms with van der Waals surface area (Å²) in [7, 11) is 0. The van der Waals surface area contributed by atoms with E-state index in [-0.39, 0.29) is 6.04 Å². The van der Waals surface area contributed by atoms with Crippen LogP contribution in [-0.2, 0) is 0 Å². The first kappa shape index (κ1) is 13.2. The molecule has 2 aromatic rings. The van der Waals surface area contributed by atoms with Crippen LogP contribution in [-0.4, -0.2) is 4.98 Å². The standard InChI is InChI=1S/C13H16ClN3S/c1-7-13(18-9(3)16-7)8(2)17-12-5-4-10(14)6-11(12)15/h4-6,8,17H,15H2,1-3H3. The molecule has 5 heteroatoms. The molecule has 0 radical (unpaired) electrons. The van der Waals surface area contributed by atoms with Gasteiger partial charge in [-0.05, 0) is 39.0 Å². The maximum absolute atomic E-state index is 5.93. The Morgan fingerprint density at radius 2 is 2.11 bits per heavy atom. The van der Waals surface area contributed by atoms with Crippen molar-refractivity contribution in [3.05, 3.63) is 38.8 Å². The normalized spacial score (nSPS) is 12.4. The number of hydrogen-bond acceptors (Lipinski definition) is 4. The molecule has 1 atom stereocenters. The number of rotatable bonds is 3. The Kier molecular flexibility index (Phi) is 3.78. The fourth-order valence-electron chi connectivity index (χ4n) is 1.91. The minimum absolute atomic E-state index is 0.180. The second kappa shape index (κ2) is 5.16. The number of nitrogen functional groups attached to an aromatic ring is 1. The molecule has 0 aliphatic rings. The number of nitrogens with one attached hydrogen (secondary N) is 1. The summed E-state index contributed by atoms with van der Waals surface area (Å²) in [5.74, 6) is 0. The Bertz CT molecular complexity index is 565. The number of halogens is 1. The van der Waals surface area contributed by atoms with Crippen LogP contribution in [0.2, 0.25) is 5.02 Å². The molecule has 0 bridgehead atoms. The second-order valence-corrected chi connectivity index (χ2v) is 5.95. The van der Waals surface area contributed by atoms with Gasteiger partial charge < -0.3 is 11.1 Å². The van der Waals surface area contributed by atoms with Crippen LogP contribution >= 0.6 is 22.9 Å². The van der Waals surface area contributed by atoms with Gasteiger partial charge in [-0.1, -0.05) is 11.6 Å². The quantitative estimate of drug-likeness (QED) is 0.830. The molecule has 1 aromatic carbocycles. The first-order valence-corrected chi connectivity index (χ1v) is 6.92. The highest BCUT2D eigenvalue weighted by molar-refractivity contribution is 7.11. The first-order chi connectivity index (χ1) is 8.47. The van der Waals surface area contributed by atoms with Crippen molar-refractivity contribution in [3.8, 4) is 0 Å². The molecular formula is C13H16ClN3S. The molecule has 96 valence electrons. The molecule has 2 rings (SSSR count). The largest absolute Gasteiger partial charge is 0.397 e. The molecule has 18 heavy (non-hydrogen) atoms. The summed E-state index contributed by atoms with van der Waals surface area (Å²) in [6, 6.07) is 5.66. The van der Waals surface area contributed by atoms with Crippen molar-refractivity contribution in [2.45, 2.75) is 26.8 Å². The summed E-state index contributed by atoms with van der Waals surface area (Å²) in [5, 5.41) is 5.13. The molecular weight excluding hydrogens is 266 g/mol. The number of thiazole rings is 1. The highest BCUT2D eigenvalue weighted by Gasteiger charge is 2.13. The maximum atomic E-state index is 5.93. The molecule has 0 spiro atoms. The van der Waals surface area contributed by atoms with Gasteiger partial charge in [-0.25, -0.2) is 4.98 Å². The zero-order chi connectivity index (χ0) is 13.3. The van der Waals surface area contributed by atoms with Gasteiger partial charge in [0.2, 0.25) is 0 Å². The first-order valence-electron chi connectivity index (χ1n) is 5.73. The predicted molar refractivity (Wildman–Crippen MR) is 79.5 cm³/mol. The molecule has 0 saturated carbocycles. The lowest BCUT2D eigenvalue weighted by Gasteiger charge is -2.16. The Hall–Kier alpha value is -1.26. The van der Waals surface area contributed by atoms with Gasteiger partial charge in [-0.3, -0.25) is 0 Å². The molecule has 3 N–H and O–H groups in total. The smallest absolute Gasteiger partial charge is 0.0900 e. The number of nitrogens with two attached hydrogens (primary N) is 1. The van der Waals surface area contributed by atoms with Crippen LogP contribution in [0, 0.1) is 13.8 Å². The van der Waals surface area contributed by atoms with E-state index in [1.54, 1.807) is 17.4 Å². The fourth-order valence-corrected chi connectivity index (χ4v) is 3.02. The number of benzene rings is 1. The Morgan fingerprint density at radius 1 is 1.39 bits per heavy atom. The minimum atomic E-state index is 0.180. The SMILES string of the molecule is Cc1nc(C)c(C(C)Nc2ccc(Cl)cc2N)s1. The molecule has 3 nitrogen and oxygen atoms in total. The molecule has 1 heterocycles. The third kappa shape index (κ3) is 2.76. The predicted octanol–water partition coefficient (Wildman–Crippen LogP) is 4.17. The van der Waals surface area contributed by atoms with Gasteiger partial charge >= 0.3 is 0 Å². The second-order valence-electron chi connectivity index (χ2n) is 4.28. The van der Waals surface area contributed by atoms with Gasteiger partial charge in [-0.2, -0.15) is 0 Å². The summed E-state index contributed by atoms with van der Waals surface area (Å²) in [6.07, 6.45) is 0. The third-order valence-electron chi connectivity index (χ3n) is 2.72. The number of aromatic nitrogens is 1. The summed E-state index contributed by atoms with van der Waals surface area (Å²) in [6.45, 7) is 6.15. The molecule has 0 amide bonds. The molecule has 0 fully saturated rings. The minimum Gasteiger partial charge on any atom is -0.397 e. The molecule has 1 unspecified atom stereocenters. The van der Waals surface area contributed by atoms with E-state index in [0.717, 1.165) is 16.4 Å². The van der Waals surface area contributed by atoms with Gasteiger partial charge in [0.1, 0.15) is 0 Å². The van der Waals surface area contributed by atoms with Crippen LogP contribution in [0.25, 0.3) is 0 Å². The van der Waals surface area contributed by atoms with E-state index in [1.165, 1.54) is 4.88 Å². The van der Waals surface area contributed by atoms with Crippen molar-refractivity contribution in [3.63, 3.8) is 0 Å². The van der Waals surface area contributed by atoms with Crippen molar-refractivity contribution in [2.24, 2.45) is 0 Å². The van der Waals surface area contributed by atoms with Gasteiger partial charge in [0.15, 0.2) is 0 Å². The number of nitrogens with zero attached hydrogens (tertiary/aromatic N) is 1. The Balaban J connectivity index is 2.21. The highest BCUT2D eigenvalue weighted by atomic mass is 35.5. The van der Waals surface area contributed by atoms with Crippen molar-refractivity contribution in [1.29, 1.82) is 0 Å². The van der Waals surface area contributed by atoms with E-state index in [0.29, 0.717) is 10.7 Å². The number of aryl methyl sites for hydroxylation is 2. The van der Waals surface area contributed by atoms with E-state index in [4.69, 9.17) is 17.3 Å². The van der Waals surface area contributed by atoms with Crippen LogP contribution in [0.1, 0.15) is 28.5 Å². The fraction of sp³-hybridized carbons (Fsp3) is 0.308. The topological polar surface area (TPSA) is 50.9 Å². The van der Waals surface area contributed by atoms with E-state index < -0.39 is 0 Å². The number of anilines is 2. The van der Waals surface area contributed by atoms with Gasteiger partial charge in [0, 0.05) is 9.90 Å². The van der Waals surface area contributed by atoms with Gasteiger partial charge in [0.25, 0.3) is 0 Å². The maximum Gasteiger partial charge on any atom is 0.0900 e. The lowest BCUT2D eigenvalue weighted by Crippen LogP contribution is -2.08. The van der Waals surface area contributed by atoms with Crippen molar-refractivity contribution < 1.29 is 0 Å². The Morgan fingerprint density at radius 3 is 2.67 bits per heavy atom. The van der Waals surface area contributed by atoms with Crippen LogP contribution in [0.3, 0.4) is 0 Å². The summed E-state index contributed by atoms with van der Waals surface area (Å²) < 4.78 is 0. The van der Waals surface area contributed by atoms with Crippen molar-refractivity contribution in [1.82, 2.24) is 4.98 Å². The zero-order valence-electron chi connectivity index (χ0n) is 10.6. The number of hydrogen-bond donors (Lipinski definition) is 2. The van der Waals surface area contributed by atoms with E-state index >= 15 is 0 Å². The summed E-state index contributed by atoms with van der Waals surface area (Å²) in [5.41, 5.74) is 8.57. The highest BCUT2D eigenvalue weighted by Crippen LogP contribution is 2.30. The molecule has 1 aromatic heterocycles. The average molecular weight is 282 g/mol. The lowest BCUT2D eigenvalue weighted by atomic mass is 10.2. The van der Waals surface area contributed by atoms with Crippen LogP contribution < -0.4 is 11.1 Å². The van der Waals surface area contributed by atoms with E-state index in [2.05, 4.69) is 17.2 Å². The molecule has 0 saturated heterocycles. The van der Waals surface area contributed by atoms with E-state index in [9.17, 15) is 0 Å². The lowest BCUT2D eigenvalue weighted by molar-refractivity contribution is 0.890. The molecule has 0 aliphatic carbocycles. The Labute approximate surface area is 116 Å². The summed E-state index contributed by atoms with van der Waals surface area (Å²) >= 11 is 7.59. The van der Waals surface area contributed by atoms with Crippen molar-refractivity contribution >= 4 is 34.3 Å². The third-order valence-corrected chi connectivity index (χ3v) is 4.21.